The Kier molecular flexibility index (Phi) is 4.62. The molecule has 0 aliphatic carbocycles. The van der Waals surface area contributed by atoms with E-state index >= 15 is 0 Å². The van der Waals surface area contributed by atoms with Gasteiger partial charge in [-0.2, -0.15) is 0 Å². The summed E-state index contributed by atoms with van der Waals surface area (Å²) in [7, 11) is -3.65. The summed E-state index contributed by atoms with van der Waals surface area (Å²) >= 11 is 0. The zero-order valence-corrected chi connectivity index (χ0v) is 12.6. The number of nitrogens with one attached hydrogen (secondary N) is 1. The minimum absolute atomic E-state index is 0.0946. The lowest BCUT2D eigenvalue weighted by Gasteiger charge is -2.16. The highest BCUT2D eigenvalue weighted by atomic mass is 32.2. The molecule has 2 aromatic rings. The number of hydrogen-bond donors (Lipinski definition) is 3. The van der Waals surface area contributed by atoms with Gasteiger partial charge in [-0.15, -0.1) is 0 Å². The van der Waals surface area contributed by atoms with Gasteiger partial charge in [0.1, 0.15) is 0 Å². The van der Waals surface area contributed by atoms with Gasteiger partial charge in [0.15, 0.2) is 0 Å². The summed E-state index contributed by atoms with van der Waals surface area (Å²) in [4.78, 5) is 0.105. The lowest BCUT2D eigenvalue weighted by atomic mass is 10.1. The number of primary sulfonamides is 1. The van der Waals surface area contributed by atoms with E-state index in [1.54, 1.807) is 12.1 Å². The topological polar surface area (TPSA) is 98.2 Å². The largest absolute Gasteiger partial charge is 0.379 e. The molecule has 5 nitrogen and oxygen atoms in total. The Bertz CT molecular complexity index is 695. The molecule has 112 valence electrons. The predicted octanol–water partition coefficient (Wildman–Crippen LogP) is 1.97. The van der Waals surface area contributed by atoms with Gasteiger partial charge >= 0.3 is 0 Å². The Morgan fingerprint density at radius 2 is 1.62 bits per heavy atom. The fourth-order valence-corrected chi connectivity index (χ4v) is 2.53. The molecule has 0 aromatic heterocycles. The van der Waals surface area contributed by atoms with Crippen molar-refractivity contribution in [2.45, 2.75) is 24.4 Å². The van der Waals surface area contributed by atoms with Crippen molar-refractivity contribution in [3.05, 3.63) is 59.7 Å². The average molecular weight is 305 g/mol. The first kappa shape index (κ1) is 15.5. The molecule has 21 heavy (non-hydrogen) atoms. The Hall–Kier alpha value is -1.89. The molecule has 0 radical (unpaired) electrons. The fraction of sp³-hybridized carbons (Fsp3) is 0.200. The van der Waals surface area contributed by atoms with Crippen molar-refractivity contribution < 1.29 is 8.42 Å². The van der Waals surface area contributed by atoms with Crippen LogP contribution in [0.3, 0.4) is 0 Å². The molecule has 5 N–H and O–H groups in total. The number of sulfonamides is 1. The molecular formula is C15H19N3O2S. The van der Waals surface area contributed by atoms with Crippen LogP contribution in [0, 0.1) is 0 Å². The van der Waals surface area contributed by atoms with Gasteiger partial charge in [-0.05, 0) is 42.3 Å². The van der Waals surface area contributed by atoms with Crippen LogP contribution in [0.4, 0.5) is 5.69 Å². The molecule has 0 amide bonds. The van der Waals surface area contributed by atoms with E-state index in [2.05, 4.69) is 5.32 Å². The summed E-state index contributed by atoms with van der Waals surface area (Å²) < 4.78 is 22.4. The summed E-state index contributed by atoms with van der Waals surface area (Å²) in [5.74, 6) is 0. The van der Waals surface area contributed by atoms with Gasteiger partial charge in [-0.3, -0.25) is 0 Å². The second-order valence-corrected chi connectivity index (χ2v) is 6.44. The molecule has 0 saturated heterocycles. The van der Waals surface area contributed by atoms with Gasteiger partial charge in [0.05, 0.1) is 4.90 Å². The van der Waals surface area contributed by atoms with Crippen LogP contribution in [0.2, 0.25) is 0 Å². The van der Waals surface area contributed by atoms with Crippen LogP contribution in [0.1, 0.15) is 24.1 Å². The molecule has 0 bridgehead atoms. The van der Waals surface area contributed by atoms with E-state index in [0.29, 0.717) is 6.54 Å². The maximum absolute atomic E-state index is 11.2. The molecule has 1 unspecified atom stereocenters. The standard InChI is InChI=1S/C15H19N3O2S/c1-11(13-4-2-12(10-16)3-5-13)18-14-6-8-15(9-7-14)21(17,19)20/h2-9,11,18H,10,16H2,1H3,(H2,17,19,20). The summed E-state index contributed by atoms with van der Waals surface area (Å²) in [5, 5.41) is 8.38. The van der Waals surface area contributed by atoms with E-state index < -0.39 is 10.0 Å². The number of benzene rings is 2. The first-order valence-corrected chi connectivity index (χ1v) is 8.13. The molecule has 1 atom stereocenters. The SMILES string of the molecule is CC(Nc1ccc(S(N)(=O)=O)cc1)c1ccc(CN)cc1. The van der Waals surface area contributed by atoms with Gasteiger partial charge in [-0.25, -0.2) is 13.6 Å². The quantitative estimate of drug-likeness (QED) is 0.786. The van der Waals surface area contributed by atoms with Crippen LogP contribution in [-0.2, 0) is 16.6 Å². The molecule has 2 rings (SSSR count). The van der Waals surface area contributed by atoms with Gasteiger partial charge in [0, 0.05) is 18.3 Å². The molecular weight excluding hydrogens is 286 g/mol. The summed E-state index contributed by atoms with van der Waals surface area (Å²) in [6.45, 7) is 2.56. The van der Waals surface area contributed by atoms with Gasteiger partial charge in [0.2, 0.25) is 10.0 Å². The van der Waals surface area contributed by atoms with Crippen molar-refractivity contribution in [2.24, 2.45) is 10.9 Å². The van der Waals surface area contributed by atoms with Crippen molar-refractivity contribution in [2.75, 3.05) is 5.32 Å². The molecule has 0 spiro atoms. The summed E-state index contributed by atoms with van der Waals surface area (Å²) in [6, 6.07) is 14.5. The Balaban J connectivity index is 2.10. The third kappa shape index (κ3) is 4.04. The normalized spacial score (nSPS) is 12.9. The van der Waals surface area contributed by atoms with Crippen LogP contribution in [0.25, 0.3) is 0 Å². The maximum atomic E-state index is 11.2. The number of anilines is 1. The monoisotopic (exact) mass is 305 g/mol. The van der Waals surface area contributed by atoms with Crippen molar-refractivity contribution in [3.63, 3.8) is 0 Å². The van der Waals surface area contributed by atoms with Crippen LogP contribution in [0.15, 0.2) is 53.4 Å². The van der Waals surface area contributed by atoms with E-state index in [4.69, 9.17) is 10.9 Å². The highest BCUT2D eigenvalue weighted by Gasteiger charge is 2.08. The zero-order valence-electron chi connectivity index (χ0n) is 11.8. The van der Waals surface area contributed by atoms with Crippen LogP contribution >= 0.6 is 0 Å². The van der Waals surface area contributed by atoms with Crippen molar-refractivity contribution in [1.82, 2.24) is 0 Å². The third-order valence-electron chi connectivity index (χ3n) is 3.28. The molecule has 6 heteroatoms. The minimum atomic E-state index is -3.65. The second kappa shape index (κ2) is 6.26. The predicted molar refractivity (Wildman–Crippen MR) is 84.2 cm³/mol. The number of rotatable bonds is 5. The summed E-state index contributed by atoms with van der Waals surface area (Å²) in [5.41, 5.74) is 8.62. The molecule has 0 aliphatic rings. The molecule has 2 aromatic carbocycles. The van der Waals surface area contributed by atoms with Gasteiger partial charge in [0.25, 0.3) is 0 Å². The van der Waals surface area contributed by atoms with Crippen LogP contribution < -0.4 is 16.2 Å². The van der Waals surface area contributed by atoms with Gasteiger partial charge in [-0.1, -0.05) is 24.3 Å². The highest BCUT2D eigenvalue weighted by molar-refractivity contribution is 7.89. The van der Waals surface area contributed by atoms with Gasteiger partial charge < -0.3 is 11.1 Å². The Morgan fingerprint density at radius 3 is 2.10 bits per heavy atom. The Labute approximate surface area is 125 Å². The molecule has 0 fully saturated rings. The number of nitrogens with two attached hydrogens (primary N) is 2. The zero-order chi connectivity index (χ0) is 15.5. The highest BCUT2D eigenvalue weighted by Crippen LogP contribution is 2.20. The average Bonchev–Trinajstić information content (AvgIpc) is 2.47. The van der Waals surface area contributed by atoms with Crippen LogP contribution in [-0.4, -0.2) is 8.42 Å². The van der Waals surface area contributed by atoms with E-state index in [9.17, 15) is 8.42 Å². The lowest BCUT2D eigenvalue weighted by Crippen LogP contribution is -2.12. The van der Waals surface area contributed by atoms with Crippen molar-refractivity contribution in [1.29, 1.82) is 0 Å². The lowest BCUT2D eigenvalue weighted by molar-refractivity contribution is 0.598. The summed E-state index contributed by atoms with van der Waals surface area (Å²) in [6.07, 6.45) is 0. The van der Waals surface area contributed by atoms with E-state index in [1.165, 1.54) is 12.1 Å². The molecule has 0 heterocycles. The third-order valence-corrected chi connectivity index (χ3v) is 4.21. The maximum Gasteiger partial charge on any atom is 0.238 e. The first-order chi connectivity index (χ1) is 9.90. The van der Waals surface area contributed by atoms with Crippen molar-refractivity contribution in [3.8, 4) is 0 Å². The van der Waals surface area contributed by atoms with E-state index in [1.807, 2.05) is 31.2 Å². The van der Waals surface area contributed by atoms with E-state index in [0.717, 1.165) is 16.8 Å². The van der Waals surface area contributed by atoms with E-state index in [-0.39, 0.29) is 10.9 Å². The molecule has 0 aliphatic heterocycles. The fourth-order valence-electron chi connectivity index (χ4n) is 2.02. The number of hydrogen-bond acceptors (Lipinski definition) is 4. The first-order valence-electron chi connectivity index (χ1n) is 6.58. The Morgan fingerprint density at radius 1 is 1.05 bits per heavy atom. The molecule has 0 saturated carbocycles. The smallest absolute Gasteiger partial charge is 0.238 e. The second-order valence-electron chi connectivity index (χ2n) is 4.88. The van der Waals surface area contributed by atoms with Crippen molar-refractivity contribution >= 4 is 15.7 Å². The van der Waals surface area contributed by atoms with Crippen LogP contribution in [0.5, 0.6) is 0 Å². The minimum Gasteiger partial charge on any atom is -0.379 e.